The zero-order valence-corrected chi connectivity index (χ0v) is 13.2. The van der Waals surface area contributed by atoms with Gasteiger partial charge in [-0.25, -0.2) is 0 Å². The van der Waals surface area contributed by atoms with Crippen LogP contribution in [0.4, 0.5) is 0 Å². The van der Waals surface area contributed by atoms with Crippen LogP contribution in [0.2, 0.25) is 0 Å². The summed E-state index contributed by atoms with van der Waals surface area (Å²) in [4.78, 5) is 23.5. The maximum atomic E-state index is 11.9. The molecule has 0 fully saturated rings. The van der Waals surface area contributed by atoms with Gasteiger partial charge in [-0.15, -0.1) is 0 Å². The number of hydrogen-bond donors (Lipinski definition) is 2. The first-order chi connectivity index (χ1) is 8.69. The van der Waals surface area contributed by atoms with Gasteiger partial charge in [-0.3, -0.25) is 9.59 Å². The van der Waals surface area contributed by atoms with E-state index in [4.69, 9.17) is 0 Å². The van der Waals surface area contributed by atoms with Crippen LogP contribution in [0.3, 0.4) is 0 Å². The number of carbonyl (C=O) groups excluding carboxylic acids is 2. The molecule has 2 N–H and O–H groups in total. The summed E-state index contributed by atoms with van der Waals surface area (Å²) in [6.07, 6.45) is 0. The smallest absolute Gasteiger partial charge is 0.251 e. The third kappa shape index (κ3) is 5.42. The number of benzene rings is 1. The van der Waals surface area contributed by atoms with Crippen molar-refractivity contribution in [2.24, 2.45) is 0 Å². The van der Waals surface area contributed by atoms with E-state index in [9.17, 15) is 9.59 Å². The van der Waals surface area contributed by atoms with Crippen LogP contribution in [0.25, 0.3) is 0 Å². The van der Waals surface area contributed by atoms with E-state index in [2.05, 4.69) is 26.6 Å². The molecule has 0 aliphatic heterocycles. The van der Waals surface area contributed by atoms with Gasteiger partial charge in [-0.05, 0) is 51.5 Å². The number of halogens is 1. The molecule has 5 heteroatoms. The second-order valence-electron chi connectivity index (χ2n) is 5.44. The van der Waals surface area contributed by atoms with Gasteiger partial charge in [-0.2, -0.15) is 0 Å². The second kappa shape index (κ2) is 6.19. The first-order valence-electron chi connectivity index (χ1n) is 6.04. The minimum atomic E-state index is -0.296. The highest BCUT2D eigenvalue weighted by molar-refractivity contribution is 9.10. The molecule has 4 nitrogen and oxygen atoms in total. The summed E-state index contributed by atoms with van der Waals surface area (Å²) in [6.45, 7) is 7.52. The Morgan fingerprint density at radius 1 is 1.26 bits per heavy atom. The van der Waals surface area contributed by atoms with Gasteiger partial charge in [-0.1, -0.05) is 15.9 Å². The molecule has 104 valence electrons. The van der Waals surface area contributed by atoms with Crippen molar-refractivity contribution in [1.82, 2.24) is 10.6 Å². The Bertz CT molecular complexity index is 493. The fraction of sp³-hybridized carbons (Fsp3) is 0.429. The van der Waals surface area contributed by atoms with Gasteiger partial charge < -0.3 is 10.6 Å². The predicted molar refractivity (Wildman–Crippen MR) is 79.1 cm³/mol. The number of hydrogen-bond acceptors (Lipinski definition) is 2. The van der Waals surface area contributed by atoms with Crippen molar-refractivity contribution in [3.63, 3.8) is 0 Å². The van der Waals surface area contributed by atoms with E-state index >= 15 is 0 Å². The molecule has 0 aromatic heterocycles. The summed E-state index contributed by atoms with van der Waals surface area (Å²) in [6, 6.07) is 5.40. The van der Waals surface area contributed by atoms with Crippen LogP contribution in [-0.4, -0.2) is 23.9 Å². The summed E-state index contributed by atoms with van der Waals surface area (Å²) in [5.74, 6) is -0.440. The van der Waals surface area contributed by atoms with Crippen molar-refractivity contribution in [3.8, 4) is 0 Å². The summed E-state index contributed by atoms with van der Waals surface area (Å²) in [5.41, 5.74) is 1.14. The van der Waals surface area contributed by atoms with Crippen LogP contribution in [0.1, 0.15) is 36.7 Å². The zero-order valence-electron chi connectivity index (χ0n) is 11.6. The third-order valence-electron chi connectivity index (χ3n) is 2.36. The summed E-state index contributed by atoms with van der Waals surface area (Å²) < 4.78 is 0.923. The van der Waals surface area contributed by atoms with Crippen LogP contribution in [-0.2, 0) is 4.79 Å². The third-order valence-corrected chi connectivity index (χ3v) is 2.85. The lowest BCUT2D eigenvalue weighted by molar-refractivity contribution is -0.121. The first-order valence-corrected chi connectivity index (χ1v) is 6.84. The Hall–Kier alpha value is -1.36. The van der Waals surface area contributed by atoms with Crippen molar-refractivity contribution in [3.05, 3.63) is 33.8 Å². The average Bonchev–Trinajstić information content (AvgIpc) is 2.23. The summed E-state index contributed by atoms with van der Waals surface area (Å²) >= 11 is 3.34. The van der Waals surface area contributed by atoms with Crippen molar-refractivity contribution >= 4 is 27.7 Å². The lowest BCUT2D eigenvalue weighted by Crippen LogP contribution is -2.45. The Balaban J connectivity index is 2.59. The minimum absolute atomic E-state index is 0.0222. The van der Waals surface area contributed by atoms with Gasteiger partial charge in [0.2, 0.25) is 5.91 Å². The highest BCUT2D eigenvalue weighted by Crippen LogP contribution is 2.15. The molecule has 0 radical (unpaired) electrons. The van der Waals surface area contributed by atoms with Crippen molar-refractivity contribution in [1.29, 1.82) is 0 Å². The van der Waals surface area contributed by atoms with E-state index in [-0.39, 0.29) is 23.9 Å². The number of rotatable bonds is 3. The molecule has 0 saturated heterocycles. The predicted octanol–water partition coefficient (Wildman–Crippen LogP) is 2.40. The van der Waals surface area contributed by atoms with Gasteiger partial charge >= 0.3 is 0 Å². The van der Waals surface area contributed by atoms with E-state index in [1.807, 2.05) is 33.8 Å². The largest absolute Gasteiger partial charge is 0.350 e. The van der Waals surface area contributed by atoms with E-state index in [0.717, 1.165) is 10.0 Å². The van der Waals surface area contributed by atoms with Gasteiger partial charge in [0.25, 0.3) is 5.91 Å². The molecule has 0 unspecified atom stereocenters. The SMILES string of the molecule is Cc1cc(Br)ccc1C(=O)NCC(=O)NC(C)(C)C. The first kappa shape index (κ1) is 15.7. The fourth-order valence-electron chi connectivity index (χ4n) is 1.60. The van der Waals surface area contributed by atoms with Crippen molar-refractivity contribution in [2.75, 3.05) is 6.54 Å². The molecular weight excluding hydrogens is 308 g/mol. The number of amides is 2. The van der Waals surface area contributed by atoms with Crippen LogP contribution in [0.5, 0.6) is 0 Å². The maximum absolute atomic E-state index is 11.9. The van der Waals surface area contributed by atoms with Gasteiger partial charge in [0, 0.05) is 15.6 Å². The lowest BCUT2D eigenvalue weighted by atomic mass is 10.1. The molecule has 0 aliphatic carbocycles. The average molecular weight is 327 g/mol. The standard InChI is InChI=1S/C14H19BrN2O2/c1-9-7-10(15)5-6-11(9)13(19)16-8-12(18)17-14(2,3)4/h5-7H,8H2,1-4H3,(H,16,19)(H,17,18). The quantitative estimate of drug-likeness (QED) is 0.896. The highest BCUT2D eigenvalue weighted by Gasteiger charge is 2.15. The van der Waals surface area contributed by atoms with Crippen LogP contribution >= 0.6 is 15.9 Å². The van der Waals surface area contributed by atoms with Gasteiger partial charge in [0.15, 0.2) is 0 Å². The molecule has 0 aliphatic rings. The van der Waals surface area contributed by atoms with Gasteiger partial charge in [0.1, 0.15) is 0 Å². The van der Waals surface area contributed by atoms with E-state index in [1.54, 1.807) is 12.1 Å². The van der Waals surface area contributed by atoms with Crippen molar-refractivity contribution < 1.29 is 9.59 Å². The maximum Gasteiger partial charge on any atom is 0.251 e. The molecule has 1 aromatic rings. The summed E-state index contributed by atoms with van der Waals surface area (Å²) in [5, 5.41) is 5.40. The lowest BCUT2D eigenvalue weighted by Gasteiger charge is -2.20. The number of carbonyl (C=O) groups is 2. The van der Waals surface area contributed by atoms with E-state index in [0.29, 0.717) is 5.56 Å². The molecule has 19 heavy (non-hydrogen) atoms. The van der Waals surface area contributed by atoms with E-state index in [1.165, 1.54) is 0 Å². The number of aryl methyl sites for hydroxylation is 1. The molecule has 0 spiro atoms. The molecular formula is C14H19BrN2O2. The normalized spacial score (nSPS) is 11.0. The van der Waals surface area contributed by atoms with Crippen LogP contribution in [0.15, 0.2) is 22.7 Å². The molecule has 0 saturated carbocycles. The molecule has 2 amide bonds. The Kier molecular flexibility index (Phi) is 5.11. The monoisotopic (exact) mass is 326 g/mol. The van der Waals surface area contributed by atoms with E-state index < -0.39 is 0 Å². The van der Waals surface area contributed by atoms with Gasteiger partial charge in [0.05, 0.1) is 6.54 Å². The summed E-state index contributed by atoms with van der Waals surface area (Å²) in [7, 11) is 0. The van der Waals surface area contributed by atoms with Crippen LogP contribution < -0.4 is 10.6 Å². The Morgan fingerprint density at radius 3 is 2.42 bits per heavy atom. The molecule has 0 heterocycles. The minimum Gasteiger partial charge on any atom is -0.350 e. The Labute approximate surface area is 122 Å². The fourth-order valence-corrected chi connectivity index (χ4v) is 2.08. The highest BCUT2D eigenvalue weighted by atomic mass is 79.9. The van der Waals surface area contributed by atoms with Crippen molar-refractivity contribution in [2.45, 2.75) is 33.2 Å². The van der Waals surface area contributed by atoms with Crippen LogP contribution in [0, 0.1) is 6.92 Å². The molecule has 1 aromatic carbocycles. The Morgan fingerprint density at radius 2 is 1.89 bits per heavy atom. The zero-order chi connectivity index (χ0) is 14.6. The molecule has 0 atom stereocenters. The topological polar surface area (TPSA) is 58.2 Å². The molecule has 0 bridgehead atoms. The second-order valence-corrected chi connectivity index (χ2v) is 6.36. The molecule has 1 rings (SSSR count). The number of nitrogens with one attached hydrogen (secondary N) is 2.